The van der Waals surface area contributed by atoms with Crippen LogP contribution in [0.2, 0.25) is 0 Å². The summed E-state index contributed by atoms with van der Waals surface area (Å²) in [5.74, 6) is -1.06. The van der Waals surface area contributed by atoms with Crippen molar-refractivity contribution < 1.29 is 13.2 Å². The number of nitrogens with one attached hydrogen (secondary N) is 1. The second-order valence-electron chi connectivity index (χ2n) is 4.16. The van der Waals surface area contributed by atoms with Gasteiger partial charge in [0, 0.05) is 19.1 Å². The summed E-state index contributed by atoms with van der Waals surface area (Å²) < 4.78 is 37.0. The third-order valence-electron chi connectivity index (χ3n) is 3.27. The zero-order chi connectivity index (χ0) is 10.2. The number of likely N-dealkylation sites (tertiary alicyclic amines) is 1. The molecule has 2 fully saturated rings. The number of nitrogens with zero attached hydrogens (tertiary/aromatic N) is 1. The van der Waals surface area contributed by atoms with Gasteiger partial charge in [0.2, 0.25) is 0 Å². The molecule has 2 aliphatic rings. The molecule has 0 aromatic heterocycles. The largest absolute Gasteiger partial charge is 0.391 e. The van der Waals surface area contributed by atoms with Crippen molar-refractivity contribution in [3.63, 3.8) is 0 Å². The molecule has 1 N–H and O–H groups in total. The smallest absolute Gasteiger partial charge is 0.314 e. The number of rotatable bonds is 1. The van der Waals surface area contributed by atoms with E-state index in [-0.39, 0.29) is 12.8 Å². The maximum Gasteiger partial charge on any atom is 0.391 e. The minimum atomic E-state index is -3.98. The summed E-state index contributed by atoms with van der Waals surface area (Å²) >= 11 is 0. The van der Waals surface area contributed by atoms with Crippen molar-refractivity contribution in [1.29, 1.82) is 0 Å². The lowest BCUT2D eigenvalue weighted by atomic mass is 9.94. The number of alkyl halides is 3. The van der Waals surface area contributed by atoms with E-state index in [1.807, 2.05) is 0 Å². The Morgan fingerprint density at radius 2 is 1.64 bits per heavy atom. The molecule has 2 heterocycles. The zero-order valence-electron chi connectivity index (χ0n) is 7.98. The molecular formula is C9H15F3N2. The van der Waals surface area contributed by atoms with Crippen LogP contribution in [0.25, 0.3) is 0 Å². The maximum atomic E-state index is 12.3. The van der Waals surface area contributed by atoms with Crippen molar-refractivity contribution in [3.05, 3.63) is 0 Å². The van der Waals surface area contributed by atoms with E-state index in [2.05, 4.69) is 10.2 Å². The molecule has 0 bridgehead atoms. The van der Waals surface area contributed by atoms with Crippen molar-refractivity contribution >= 4 is 0 Å². The molecule has 14 heavy (non-hydrogen) atoms. The second-order valence-corrected chi connectivity index (χ2v) is 4.16. The van der Waals surface area contributed by atoms with Crippen LogP contribution in [0, 0.1) is 5.92 Å². The minimum absolute atomic E-state index is 0.278. The van der Waals surface area contributed by atoms with E-state index in [9.17, 15) is 13.2 Å². The highest BCUT2D eigenvalue weighted by molar-refractivity contribution is 4.88. The van der Waals surface area contributed by atoms with Gasteiger partial charge in [0.1, 0.15) is 0 Å². The van der Waals surface area contributed by atoms with Crippen LogP contribution < -0.4 is 5.32 Å². The van der Waals surface area contributed by atoms with Crippen LogP contribution >= 0.6 is 0 Å². The zero-order valence-corrected chi connectivity index (χ0v) is 7.98. The number of piperidine rings is 1. The van der Waals surface area contributed by atoms with Crippen molar-refractivity contribution in [2.75, 3.05) is 26.2 Å². The third kappa shape index (κ3) is 2.03. The SMILES string of the molecule is FC(F)(F)C1CCN(C2CNC2)CC1. The lowest BCUT2D eigenvalue weighted by Gasteiger charge is -2.42. The van der Waals surface area contributed by atoms with E-state index in [1.54, 1.807) is 0 Å². The first-order valence-electron chi connectivity index (χ1n) is 5.09. The second kappa shape index (κ2) is 3.70. The molecule has 2 saturated heterocycles. The van der Waals surface area contributed by atoms with Gasteiger partial charge in [0.05, 0.1) is 5.92 Å². The number of hydrogen-bond donors (Lipinski definition) is 1. The third-order valence-corrected chi connectivity index (χ3v) is 3.27. The van der Waals surface area contributed by atoms with Crippen LogP contribution in [0.5, 0.6) is 0 Å². The molecule has 0 aromatic rings. The van der Waals surface area contributed by atoms with Gasteiger partial charge >= 0.3 is 6.18 Å². The standard InChI is InChI=1S/C9H15F3N2/c10-9(11,12)7-1-3-14(4-2-7)8-5-13-6-8/h7-8,13H,1-6H2. The molecule has 82 valence electrons. The summed E-state index contributed by atoms with van der Waals surface area (Å²) in [5, 5.41) is 3.14. The van der Waals surface area contributed by atoms with Gasteiger partial charge in [0.15, 0.2) is 0 Å². The highest BCUT2D eigenvalue weighted by Crippen LogP contribution is 2.34. The first-order chi connectivity index (χ1) is 6.57. The Morgan fingerprint density at radius 1 is 1.07 bits per heavy atom. The molecule has 5 heteroatoms. The van der Waals surface area contributed by atoms with Gasteiger partial charge in [-0.1, -0.05) is 0 Å². The predicted molar refractivity (Wildman–Crippen MR) is 47.0 cm³/mol. The number of halogens is 3. The van der Waals surface area contributed by atoms with Gasteiger partial charge in [-0.05, 0) is 25.9 Å². The summed E-state index contributed by atoms with van der Waals surface area (Å²) in [6.07, 6.45) is -3.43. The lowest BCUT2D eigenvalue weighted by molar-refractivity contribution is -0.186. The average molecular weight is 208 g/mol. The Hall–Kier alpha value is -0.290. The fourth-order valence-electron chi connectivity index (χ4n) is 2.12. The van der Waals surface area contributed by atoms with E-state index in [1.165, 1.54) is 0 Å². The molecule has 0 atom stereocenters. The van der Waals surface area contributed by atoms with Crippen molar-refractivity contribution in [3.8, 4) is 0 Å². The van der Waals surface area contributed by atoms with Crippen molar-refractivity contribution in [1.82, 2.24) is 10.2 Å². The Bertz CT molecular complexity index is 193. The van der Waals surface area contributed by atoms with Crippen LogP contribution in [0.15, 0.2) is 0 Å². The van der Waals surface area contributed by atoms with E-state index < -0.39 is 12.1 Å². The molecule has 2 nitrogen and oxygen atoms in total. The first kappa shape index (κ1) is 10.2. The maximum absolute atomic E-state index is 12.3. The summed E-state index contributed by atoms with van der Waals surface area (Å²) in [4.78, 5) is 2.18. The Morgan fingerprint density at radius 3 is 2.00 bits per heavy atom. The highest BCUT2D eigenvalue weighted by Gasteiger charge is 2.42. The van der Waals surface area contributed by atoms with Gasteiger partial charge in [-0.2, -0.15) is 13.2 Å². The predicted octanol–water partition coefficient (Wildman–Crippen LogP) is 1.23. The van der Waals surface area contributed by atoms with Crippen LogP contribution in [0.4, 0.5) is 13.2 Å². The van der Waals surface area contributed by atoms with Crippen molar-refractivity contribution in [2.45, 2.75) is 25.1 Å². The van der Waals surface area contributed by atoms with Crippen molar-refractivity contribution in [2.24, 2.45) is 5.92 Å². The van der Waals surface area contributed by atoms with E-state index in [4.69, 9.17) is 0 Å². The van der Waals surface area contributed by atoms with Crippen LogP contribution in [-0.4, -0.2) is 43.3 Å². The fourth-order valence-corrected chi connectivity index (χ4v) is 2.12. The van der Waals surface area contributed by atoms with Crippen LogP contribution in [-0.2, 0) is 0 Å². The molecule has 2 aliphatic heterocycles. The van der Waals surface area contributed by atoms with Crippen LogP contribution in [0.1, 0.15) is 12.8 Å². The minimum Gasteiger partial charge on any atom is -0.314 e. The molecule has 0 spiro atoms. The van der Waals surface area contributed by atoms with Gasteiger partial charge in [-0.3, -0.25) is 4.90 Å². The first-order valence-corrected chi connectivity index (χ1v) is 5.09. The van der Waals surface area contributed by atoms with Gasteiger partial charge < -0.3 is 5.32 Å². The molecular weight excluding hydrogens is 193 g/mol. The Balaban J connectivity index is 1.80. The van der Waals surface area contributed by atoms with Gasteiger partial charge in [-0.15, -0.1) is 0 Å². The molecule has 0 saturated carbocycles. The van der Waals surface area contributed by atoms with E-state index in [0.717, 1.165) is 13.1 Å². The fraction of sp³-hybridized carbons (Fsp3) is 1.00. The van der Waals surface area contributed by atoms with Gasteiger partial charge in [-0.25, -0.2) is 0 Å². The van der Waals surface area contributed by atoms with Crippen LogP contribution in [0.3, 0.4) is 0 Å². The summed E-state index contributed by atoms with van der Waals surface area (Å²) in [6.45, 7) is 3.10. The molecule has 0 aliphatic carbocycles. The van der Waals surface area contributed by atoms with E-state index in [0.29, 0.717) is 19.1 Å². The Kier molecular flexibility index (Phi) is 2.70. The molecule has 2 rings (SSSR count). The summed E-state index contributed by atoms with van der Waals surface area (Å²) in [6, 6.07) is 0.490. The normalized spacial score (nSPS) is 27.6. The lowest BCUT2D eigenvalue weighted by Crippen LogP contribution is -2.59. The molecule has 0 aromatic carbocycles. The summed E-state index contributed by atoms with van der Waals surface area (Å²) in [7, 11) is 0. The number of hydrogen-bond acceptors (Lipinski definition) is 2. The Labute approximate surface area is 81.5 Å². The van der Waals surface area contributed by atoms with Gasteiger partial charge in [0.25, 0.3) is 0 Å². The molecule has 0 radical (unpaired) electrons. The monoisotopic (exact) mass is 208 g/mol. The quantitative estimate of drug-likeness (QED) is 0.697. The molecule has 0 amide bonds. The topological polar surface area (TPSA) is 15.3 Å². The van der Waals surface area contributed by atoms with E-state index >= 15 is 0 Å². The molecule has 0 unspecified atom stereocenters. The average Bonchev–Trinajstić information content (AvgIpc) is 2.00. The summed E-state index contributed by atoms with van der Waals surface area (Å²) in [5.41, 5.74) is 0. The highest BCUT2D eigenvalue weighted by atomic mass is 19.4.